The van der Waals surface area contributed by atoms with E-state index in [1.165, 1.54) is 12.8 Å². The van der Waals surface area contributed by atoms with E-state index in [0.717, 1.165) is 12.8 Å². The number of benzene rings is 1. The molecule has 1 atom stereocenters. The number of carbonyl (C=O) groups excluding carboxylic acids is 2. The minimum absolute atomic E-state index is 0.321. The molecule has 1 aromatic carbocycles. The van der Waals surface area contributed by atoms with Gasteiger partial charge in [-0.25, -0.2) is 0 Å². The third-order valence-electron chi connectivity index (χ3n) is 3.74. The molecule has 1 aliphatic rings. The summed E-state index contributed by atoms with van der Waals surface area (Å²) in [6.45, 7) is 1.55. The van der Waals surface area contributed by atoms with Crippen molar-refractivity contribution in [2.75, 3.05) is 5.32 Å². The third kappa shape index (κ3) is 5.18. The van der Waals surface area contributed by atoms with Crippen LogP contribution in [0.4, 0.5) is 5.69 Å². The summed E-state index contributed by atoms with van der Waals surface area (Å²) in [6, 6.07) is 4.74. The first-order valence-electron chi connectivity index (χ1n) is 7.40. The van der Waals surface area contributed by atoms with Crippen molar-refractivity contribution >= 4 is 40.8 Å². The van der Waals surface area contributed by atoms with E-state index in [4.69, 9.17) is 27.9 Å². The molecule has 1 aromatic rings. The molecule has 0 aliphatic heterocycles. The number of hydrogen-bond donors (Lipinski definition) is 1. The van der Waals surface area contributed by atoms with Gasteiger partial charge in [0.05, 0.1) is 0 Å². The summed E-state index contributed by atoms with van der Waals surface area (Å²) in [5, 5.41) is 3.49. The van der Waals surface area contributed by atoms with Crippen LogP contribution in [-0.4, -0.2) is 18.0 Å². The topological polar surface area (TPSA) is 55.4 Å². The second-order valence-electron chi connectivity index (χ2n) is 5.63. The van der Waals surface area contributed by atoms with Crippen molar-refractivity contribution in [2.45, 2.75) is 45.1 Å². The van der Waals surface area contributed by atoms with E-state index in [1.54, 1.807) is 25.1 Å². The van der Waals surface area contributed by atoms with Crippen molar-refractivity contribution in [1.82, 2.24) is 0 Å². The van der Waals surface area contributed by atoms with Crippen molar-refractivity contribution in [3.05, 3.63) is 28.2 Å². The van der Waals surface area contributed by atoms with Crippen LogP contribution in [0, 0.1) is 5.92 Å². The van der Waals surface area contributed by atoms with Gasteiger partial charge in [-0.2, -0.15) is 0 Å². The van der Waals surface area contributed by atoms with Crippen LogP contribution < -0.4 is 5.32 Å². The number of esters is 1. The SMILES string of the molecule is C[C@H](OC(=O)CC1CCCC1)C(=O)Nc1cc(Cl)cc(Cl)c1. The van der Waals surface area contributed by atoms with E-state index in [0.29, 0.717) is 28.1 Å². The molecule has 120 valence electrons. The number of amides is 1. The molecule has 0 aromatic heterocycles. The molecule has 1 fully saturated rings. The highest BCUT2D eigenvalue weighted by atomic mass is 35.5. The zero-order valence-corrected chi connectivity index (χ0v) is 13.9. The maximum atomic E-state index is 12.0. The summed E-state index contributed by atoms with van der Waals surface area (Å²) in [5.74, 6) is -0.328. The number of anilines is 1. The zero-order chi connectivity index (χ0) is 16.1. The Balaban J connectivity index is 1.84. The number of carbonyl (C=O) groups is 2. The molecule has 4 nitrogen and oxygen atoms in total. The quantitative estimate of drug-likeness (QED) is 0.803. The van der Waals surface area contributed by atoms with Gasteiger partial charge in [0.25, 0.3) is 5.91 Å². The van der Waals surface area contributed by atoms with E-state index in [2.05, 4.69) is 5.32 Å². The molecule has 0 bridgehead atoms. The highest BCUT2D eigenvalue weighted by molar-refractivity contribution is 6.35. The number of rotatable bonds is 5. The van der Waals surface area contributed by atoms with Crippen LogP contribution in [0.5, 0.6) is 0 Å². The fourth-order valence-corrected chi connectivity index (χ4v) is 3.14. The molecule has 0 unspecified atom stereocenters. The van der Waals surface area contributed by atoms with Crippen LogP contribution in [0.25, 0.3) is 0 Å². The van der Waals surface area contributed by atoms with Crippen LogP contribution in [-0.2, 0) is 14.3 Å². The highest BCUT2D eigenvalue weighted by Gasteiger charge is 2.23. The van der Waals surface area contributed by atoms with Gasteiger partial charge in [-0.3, -0.25) is 9.59 Å². The molecule has 0 heterocycles. The van der Waals surface area contributed by atoms with Gasteiger partial charge < -0.3 is 10.1 Å². The summed E-state index contributed by atoms with van der Waals surface area (Å²) >= 11 is 11.7. The van der Waals surface area contributed by atoms with E-state index in [-0.39, 0.29) is 5.97 Å². The molecule has 0 radical (unpaired) electrons. The van der Waals surface area contributed by atoms with Gasteiger partial charge in [0.1, 0.15) is 0 Å². The molecule has 1 saturated carbocycles. The standard InChI is InChI=1S/C16H19Cl2NO3/c1-10(22-15(20)6-11-4-2-3-5-11)16(21)19-14-8-12(17)7-13(18)9-14/h7-11H,2-6H2,1H3,(H,19,21)/t10-/m0/s1. The summed E-state index contributed by atoms with van der Waals surface area (Å²) in [4.78, 5) is 23.9. The van der Waals surface area contributed by atoms with Gasteiger partial charge >= 0.3 is 5.97 Å². The Hall–Kier alpha value is -1.26. The predicted molar refractivity (Wildman–Crippen MR) is 87.2 cm³/mol. The average molecular weight is 344 g/mol. The van der Waals surface area contributed by atoms with Crippen LogP contribution in [0.15, 0.2) is 18.2 Å². The second kappa shape index (κ2) is 7.84. The Morgan fingerprint density at radius 2 is 1.82 bits per heavy atom. The molecular formula is C16H19Cl2NO3. The molecule has 0 saturated heterocycles. The van der Waals surface area contributed by atoms with Crippen LogP contribution in [0.2, 0.25) is 10.0 Å². The first-order valence-corrected chi connectivity index (χ1v) is 8.16. The van der Waals surface area contributed by atoms with Gasteiger partial charge in [-0.15, -0.1) is 0 Å². The minimum Gasteiger partial charge on any atom is -0.453 e. The van der Waals surface area contributed by atoms with Crippen molar-refractivity contribution in [1.29, 1.82) is 0 Å². The summed E-state index contributed by atoms with van der Waals surface area (Å²) in [7, 11) is 0. The molecule has 2 rings (SSSR count). The summed E-state index contributed by atoms with van der Waals surface area (Å²) in [6.07, 6.45) is 4.01. The van der Waals surface area contributed by atoms with Gasteiger partial charge in [-0.05, 0) is 43.9 Å². The van der Waals surface area contributed by atoms with Crippen LogP contribution in [0.1, 0.15) is 39.0 Å². The molecule has 0 spiro atoms. The highest BCUT2D eigenvalue weighted by Crippen LogP contribution is 2.28. The molecule has 6 heteroatoms. The van der Waals surface area contributed by atoms with E-state index >= 15 is 0 Å². The number of halogens is 2. The van der Waals surface area contributed by atoms with Crippen LogP contribution >= 0.6 is 23.2 Å². The van der Waals surface area contributed by atoms with Gasteiger partial charge in [0.2, 0.25) is 0 Å². The largest absolute Gasteiger partial charge is 0.453 e. The Bertz CT molecular complexity index is 536. The number of nitrogens with one attached hydrogen (secondary N) is 1. The van der Waals surface area contributed by atoms with E-state index in [1.807, 2.05) is 0 Å². The second-order valence-corrected chi connectivity index (χ2v) is 6.51. The number of hydrogen-bond acceptors (Lipinski definition) is 3. The average Bonchev–Trinajstić information content (AvgIpc) is 2.89. The lowest BCUT2D eigenvalue weighted by Crippen LogP contribution is -2.30. The van der Waals surface area contributed by atoms with Crippen molar-refractivity contribution < 1.29 is 14.3 Å². The molecule has 1 N–H and O–H groups in total. The Labute approximate surface area is 140 Å². The smallest absolute Gasteiger partial charge is 0.306 e. The Morgan fingerprint density at radius 1 is 1.23 bits per heavy atom. The first kappa shape index (κ1) is 17.1. The minimum atomic E-state index is -0.855. The predicted octanol–water partition coefficient (Wildman–Crippen LogP) is 4.44. The first-order chi connectivity index (χ1) is 10.4. The Kier molecular flexibility index (Phi) is 6.09. The monoisotopic (exact) mass is 343 g/mol. The molecule has 1 amide bonds. The maximum absolute atomic E-state index is 12.0. The maximum Gasteiger partial charge on any atom is 0.306 e. The van der Waals surface area contributed by atoms with Gasteiger partial charge in [-0.1, -0.05) is 36.0 Å². The van der Waals surface area contributed by atoms with Crippen molar-refractivity contribution in [3.63, 3.8) is 0 Å². The van der Waals surface area contributed by atoms with Crippen molar-refractivity contribution in [3.8, 4) is 0 Å². The summed E-state index contributed by atoms with van der Waals surface area (Å²) in [5.41, 5.74) is 0.473. The fourth-order valence-electron chi connectivity index (χ4n) is 2.62. The fraction of sp³-hybridized carbons (Fsp3) is 0.500. The van der Waals surface area contributed by atoms with Gasteiger partial charge in [0.15, 0.2) is 6.10 Å². The van der Waals surface area contributed by atoms with Crippen LogP contribution in [0.3, 0.4) is 0 Å². The lowest BCUT2D eigenvalue weighted by molar-refractivity contribution is -0.154. The lowest BCUT2D eigenvalue weighted by atomic mass is 10.0. The molecule has 1 aliphatic carbocycles. The molecular weight excluding hydrogens is 325 g/mol. The van der Waals surface area contributed by atoms with Gasteiger partial charge in [0, 0.05) is 22.2 Å². The van der Waals surface area contributed by atoms with E-state index in [9.17, 15) is 9.59 Å². The normalized spacial score (nSPS) is 16.3. The van der Waals surface area contributed by atoms with Crippen molar-refractivity contribution in [2.24, 2.45) is 5.92 Å². The Morgan fingerprint density at radius 3 is 2.41 bits per heavy atom. The zero-order valence-electron chi connectivity index (χ0n) is 12.4. The third-order valence-corrected chi connectivity index (χ3v) is 4.17. The van der Waals surface area contributed by atoms with E-state index < -0.39 is 12.0 Å². The molecule has 22 heavy (non-hydrogen) atoms. The number of ether oxygens (including phenoxy) is 1. The lowest BCUT2D eigenvalue weighted by Gasteiger charge is -2.15. The summed E-state index contributed by atoms with van der Waals surface area (Å²) < 4.78 is 5.19.